The minimum absolute atomic E-state index is 0.0784. The van der Waals surface area contributed by atoms with Gasteiger partial charge in [-0.3, -0.25) is 9.36 Å². The van der Waals surface area contributed by atoms with Crippen molar-refractivity contribution in [2.24, 2.45) is 0 Å². The van der Waals surface area contributed by atoms with Gasteiger partial charge in [-0.25, -0.2) is 0 Å². The van der Waals surface area contributed by atoms with Gasteiger partial charge in [0.15, 0.2) is 0 Å². The summed E-state index contributed by atoms with van der Waals surface area (Å²) < 4.78 is 28.7. The number of hydrogen-bond acceptors (Lipinski definition) is 5. The van der Waals surface area contributed by atoms with Crippen molar-refractivity contribution in [3.63, 3.8) is 0 Å². The molecule has 23 heavy (non-hydrogen) atoms. The Morgan fingerprint density at radius 3 is 1.78 bits per heavy atom. The molecule has 5 nitrogen and oxygen atoms in total. The van der Waals surface area contributed by atoms with Crippen molar-refractivity contribution in [3.05, 3.63) is 0 Å². The Morgan fingerprint density at radius 1 is 0.826 bits per heavy atom. The van der Waals surface area contributed by atoms with E-state index in [1.54, 1.807) is 6.92 Å². The third kappa shape index (κ3) is 13.7. The molecule has 0 aliphatic carbocycles. The molecule has 0 aromatic carbocycles. The van der Waals surface area contributed by atoms with Crippen LogP contribution >= 0.6 is 7.60 Å². The number of ether oxygens (including phenoxy) is 1. The van der Waals surface area contributed by atoms with Crippen LogP contribution in [0.1, 0.15) is 78.6 Å². The first-order chi connectivity index (χ1) is 11.1. The summed E-state index contributed by atoms with van der Waals surface area (Å²) in [5.74, 6) is -0.350. The van der Waals surface area contributed by atoms with Crippen molar-refractivity contribution in [3.8, 4) is 0 Å². The highest BCUT2D eigenvalue weighted by Crippen LogP contribution is 2.49. The Bertz CT molecular complexity index is 315. The lowest BCUT2D eigenvalue weighted by Gasteiger charge is -2.18. The molecule has 6 heteroatoms. The fraction of sp³-hybridized carbons (Fsp3) is 0.941. The maximum atomic E-state index is 12.7. The van der Waals surface area contributed by atoms with Crippen molar-refractivity contribution in [2.75, 3.05) is 26.0 Å². The van der Waals surface area contributed by atoms with Gasteiger partial charge in [-0.2, -0.15) is 0 Å². The Kier molecular flexibility index (Phi) is 14.9. The third-order valence-electron chi connectivity index (χ3n) is 3.47. The predicted molar refractivity (Wildman–Crippen MR) is 93.9 cm³/mol. The van der Waals surface area contributed by atoms with Gasteiger partial charge in [0.1, 0.15) is 0 Å². The van der Waals surface area contributed by atoms with Gasteiger partial charge < -0.3 is 13.8 Å². The van der Waals surface area contributed by atoms with Crippen LogP contribution in [0.5, 0.6) is 0 Å². The molecule has 0 aromatic rings. The van der Waals surface area contributed by atoms with Gasteiger partial charge in [0, 0.05) is 0 Å². The predicted octanol–water partition coefficient (Wildman–Crippen LogP) is 5.33. The molecule has 0 aromatic heterocycles. The molecular formula is C17H35O5P. The van der Waals surface area contributed by atoms with Gasteiger partial charge >= 0.3 is 13.6 Å². The number of rotatable bonds is 16. The van der Waals surface area contributed by atoms with E-state index >= 15 is 0 Å². The molecule has 0 N–H and O–H groups in total. The summed E-state index contributed by atoms with van der Waals surface area (Å²) in [7, 11) is -3.20. The molecular weight excluding hydrogens is 315 g/mol. The Hall–Kier alpha value is -0.380. The molecule has 0 amide bonds. The minimum atomic E-state index is -3.20. The average molecular weight is 350 g/mol. The van der Waals surface area contributed by atoms with E-state index in [4.69, 9.17) is 13.8 Å². The Labute approximate surface area is 142 Å². The molecule has 0 saturated carbocycles. The van der Waals surface area contributed by atoms with Crippen molar-refractivity contribution in [2.45, 2.75) is 78.6 Å². The highest BCUT2D eigenvalue weighted by atomic mass is 31.2. The Morgan fingerprint density at radius 2 is 1.35 bits per heavy atom. The van der Waals surface area contributed by atoms with Crippen LogP contribution in [0, 0.1) is 0 Å². The second-order valence-corrected chi connectivity index (χ2v) is 7.86. The van der Waals surface area contributed by atoms with E-state index in [1.165, 1.54) is 0 Å². The standard InChI is InChI=1S/C17H35O5P/c1-4-7-9-11-14-21-23(19,16-13-17(18)20-6-3)22-15-12-10-8-5-2/h4-16H2,1-3H3. The summed E-state index contributed by atoms with van der Waals surface area (Å²) in [5, 5.41) is 0. The van der Waals surface area contributed by atoms with Crippen LogP contribution < -0.4 is 0 Å². The van der Waals surface area contributed by atoms with Crippen molar-refractivity contribution < 1.29 is 23.1 Å². The number of esters is 1. The van der Waals surface area contributed by atoms with Crippen LogP contribution in [-0.4, -0.2) is 32.0 Å². The van der Waals surface area contributed by atoms with Crippen LogP contribution in [0.4, 0.5) is 0 Å². The fourth-order valence-electron chi connectivity index (χ4n) is 2.09. The van der Waals surface area contributed by atoms with Gasteiger partial charge in [-0.1, -0.05) is 52.4 Å². The topological polar surface area (TPSA) is 61.8 Å². The summed E-state index contributed by atoms with van der Waals surface area (Å²) in [4.78, 5) is 11.5. The van der Waals surface area contributed by atoms with E-state index in [0.717, 1.165) is 51.4 Å². The lowest BCUT2D eigenvalue weighted by atomic mass is 10.2. The van der Waals surface area contributed by atoms with Crippen LogP contribution in [-0.2, 0) is 23.1 Å². The van der Waals surface area contributed by atoms with Gasteiger partial charge in [-0.15, -0.1) is 0 Å². The zero-order valence-corrected chi connectivity index (χ0v) is 16.1. The molecule has 0 aliphatic rings. The highest BCUT2D eigenvalue weighted by Gasteiger charge is 2.25. The van der Waals surface area contributed by atoms with Crippen molar-refractivity contribution in [1.82, 2.24) is 0 Å². The van der Waals surface area contributed by atoms with Crippen molar-refractivity contribution in [1.29, 1.82) is 0 Å². The van der Waals surface area contributed by atoms with E-state index in [-0.39, 0.29) is 18.6 Å². The fourth-order valence-corrected chi connectivity index (χ4v) is 3.70. The second kappa shape index (κ2) is 15.2. The van der Waals surface area contributed by atoms with E-state index < -0.39 is 7.60 Å². The van der Waals surface area contributed by atoms with Crippen LogP contribution in [0.15, 0.2) is 0 Å². The van der Waals surface area contributed by atoms with E-state index in [2.05, 4.69) is 13.8 Å². The molecule has 0 spiro atoms. The number of carbonyl (C=O) groups excluding carboxylic acids is 1. The molecule has 0 radical (unpaired) electrons. The minimum Gasteiger partial charge on any atom is -0.466 e. The van der Waals surface area contributed by atoms with E-state index in [0.29, 0.717) is 19.8 Å². The summed E-state index contributed by atoms with van der Waals surface area (Å²) in [5.41, 5.74) is 0. The molecule has 0 unspecified atom stereocenters. The largest absolute Gasteiger partial charge is 0.466 e. The first kappa shape index (κ1) is 22.6. The van der Waals surface area contributed by atoms with Crippen molar-refractivity contribution >= 4 is 13.6 Å². The maximum absolute atomic E-state index is 12.7. The molecule has 0 rings (SSSR count). The second-order valence-electron chi connectivity index (χ2n) is 5.68. The van der Waals surface area contributed by atoms with Gasteiger partial charge in [0.25, 0.3) is 0 Å². The quantitative estimate of drug-likeness (QED) is 0.214. The first-order valence-corrected chi connectivity index (χ1v) is 10.8. The smallest absolute Gasteiger partial charge is 0.331 e. The summed E-state index contributed by atoms with van der Waals surface area (Å²) >= 11 is 0. The first-order valence-electron chi connectivity index (χ1n) is 9.11. The van der Waals surface area contributed by atoms with E-state index in [9.17, 15) is 9.36 Å². The third-order valence-corrected chi connectivity index (χ3v) is 5.39. The summed E-state index contributed by atoms with van der Waals surface area (Å²) in [6, 6.07) is 0. The molecule has 0 aliphatic heterocycles. The maximum Gasteiger partial charge on any atom is 0.331 e. The van der Waals surface area contributed by atoms with Gasteiger partial charge in [0.2, 0.25) is 0 Å². The summed E-state index contributed by atoms with van der Waals surface area (Å²) in [6.07, 6.45) is 8.64. The highest BCUT2D eigenvalue weighted by molar-refractivity contribution is 7.53. The molecule has 0 fully saturated rings. The SMILES string of the molecule is CCCCCCOP(=O)(CCC(=O)OCC)OCCCCCC. The van der Waals surface area contributed by atoms with Gasteiger partial charge in [-0.05, 0) is 19.8 Å². The average Bonchev–Trinajstić information content (AvgIpc) is 2.53. The Balaban J connectivity index is 4.21. The molecule has 0 atom stereocenters. The zero-order chi connectivity index (χ0) is 17.4. The van der Waals surface area contributed by atoms with Gasteiger partial charge in [0.05, 0.1) is 32.4 Å². The normalized spacial score (nSPS) is 11.6. The molecule has 138 valence electrons. The summed E-state index contributed by atoms with van der Waals surface area (Å²) in [6.45, 7) is 7.23. The van der Waals surface area contributed by atoms with Crippen LogP contribution in [0.3, 0.4) is 0 Å². The monoisotopic (exact) mass is 350 g/mol. The molecule has 0 bridgehead atoms. The van der Waals surface area contributed by atoms with Crippen LogP contribution in [0.25, 0.3) is 0 Å². The number of carbonyl (C=O) groups is 1. The zero-order valence-electron chi connectivity index (χ0n) is 15.2. The number of hydrogen-bond donors (Lipinski definition) is 0. The molecule has 0 heterocycles. The number of unbranched alkanes of at least 4 members (excludes halogenated alkanes) is 6. The lowest BCUT2D eigenvalue weighted by molar-refractivity contribution is -0.142. The van der Waals surface area contributed by atoms with E-state index in [1.807, 2.05) is 0 Å². The van der Waals surface area contributed by atoms with Crippen LogP contribution in [0.2, 0.25) is 0 Å². The molecule has 0 saturated heterocycles. The lowest BCUT2D eigenvalue weighted by Crippen LogP contribution is -2.10.